The molecule has 2 N–H and O–H groups in total. The molecule has 0 aromatic heterocycles. The third-order valence-corrected chi connectivity index (χ3v) is 3.47. The predicted octanol–water partition coefficient (Wildman–Crippen LogP) is 1.71. The Bertz CT molecular complexity index is 433. The summed E-state index contributed by atoms with van der Waals surface area (Å²) >= 11 is 0. The number of hydrogen-bond acceptors (Lipinski definition) is 4. The molecule has 1 aliphatic heterocycles. The molecule has 1 heterocycles. The maximum absolute atomic E-state index is 10.9. The maximum atomic E-state index is 10.9. The van der Waals surface area contributed by atoms with Crippen LogP contribution in [0.4, 0.5) is 4.79 Å². The Morgan fingerprint density at radius 3 is 2.80 bits per heavy atom. The first-order valence-corrected chi connectivity index (χ1v) is 7.01. The van der Waals surface area contributed by atoms with Crippen LogP contribution in [-0.2, 0) is 11.2 Å². The molecule has 5 nitrogen and oxygen atoms in total. The molecule has 0 saturated carbocycles. The van der Waals surface area contributed by atoms with Crippen LogP contribution in [0.15, 0.2) is 24.3 Å². The Morgan fingerprint density at radius 2 is 2.20 bits per heavy atom. The number of amides is 1. The summed E-state index contributed by atoms with van der Waals surface area (Å²) < 4.78 is 10.6. The zero-order chi connectivity index (χ0) is 14.4. The van der Waals surface area contributed by atoms with E-state index in [0.717, 1.165) is 18.6 Å². The molecular formula is C15H22N2O3. The highest BCUT2D eigenvalue weighted by Crippen LogP contribution is 2.15. The molecule has 1 aromatic rings. The molecule has 0 aliphatic carbocycles. The van der Waals surface area contributed by atoms with Gasteiger partial charge in [-0.3, -0.25) is 0 Å². The number of carbonyl (C=O) groups is 1. The van der Waals surface area contributed by atoms with Gasteiger partial charge in [-0.2, -0.15) is 0 Å². The summed E-state index contributed by atoms with van der Waals surface area (Å²) in [6.07, 6.45) is 1.60. The molecule has 2 atom stereocenters. The largest absolute Gasteiger partial charge is 0.490 e. The minimum atomic E-state index is -0.368. The Labute approximate surface area is 119 Å². The van der Waals surface area contributed by atoms with Crippen molar-refractivity contribution in [3.05, 3.63) is 29.8 Å². The van der Waals surface area contributed by atoms with Crippen molar-refractivity contribution in [3.63, 3.8) is 0 Å². The van der Waals surface area contributed by atoms with Gasteiger partial charge in [0.15, 0.2) is 6.10 Å². The van der Waals surface area contributed by atoms with Crippen LogP contribution in [0.2, 0.25) is 0 Å². The number of benzene rings is 1. The second kappa shape index (κ2) is 7.14. The van der Waals surface area contributed by atoms with Gasteiger partial charge in [0.05, 0.1) is 6.54 Å². The molecular weight excluding hydrogens is 256 g/mol. The Morgan fingerprint density at radius 1 is 1.45 bits per heavy atom. The normalized spacial score (nSPS) is 19.3. The summed E-state index contributed by atoms with van der Waals surface area (Å²) in [7, 11) is 1.98. The molecule has 1 aliphatic rings. The van der Waals surface area contributed by atoms with Gasteiger partial charge in [-0.25, -0.2) is 4.79 Å². The van der Waals surface area contributed by atoms with Crippen LogP contribution in [0.3, 0.4) is 0 Å². The van der Waals surface area contributed by atoms with Crippen LogP contribution in [0.5, 0.6) is 5.75 Å². The average Bonchev–Trinajstić information content (AvgIpc) is 2.89. The number of cyclic esters (lactones) is 1. The molecule has 2 rings (SSSR count). The minimum Gasteiger partial charge on any atom is -0.490 e. The van der Waals surface area contributed by atoms with Crippen LogP contribution in [0.25, 0.3) is 0 Å². The van der Waals surface area contributed by atoms with Crippen LogP contribution in [0, 0.1) is 0 Å². The molecule has 1 saturated heterocycles. The van der Waals surface area contributed by atoms with E-state index in [1.54, 1.807) is 0 Å². The first kappa shape index (κ1) is 14.7. The van der Waals surface area contributed by atoms with E-state index in [1.165, 1.54) is 5.56 Å². The van der Waals surface area contributed by atoms with Crippen LogP contribution in [-0.4, -0.2) is 38.4 Å². The fraction of sp³-hybridized carbons (Fsp3) is 0.533. The molecule has 1 amide bonds. The summed E-state index contributed by atoms with van der Waals surface area (Å²) in [6, 6.07) is 8.61. The zero-order valence-corrected chi connectivity index (χ0v) is 12.0. The molecule has 110 valence electrons. The lowest BCUT2D eigenvalue weighted by Crippen LogP contribution is -2.22. The van der Waals surface area contributed by atoms with Gasteiger partial charge in [-0.05, 0) is 44.5 Å². The second-order valence-electron chi connectivity index (χ2n) is 5.09. The monoisotopic (exact) mass is 278 g/mol. The summed E-state index contributed by atoms with van der Waals surface area (Å²) in [5.41, 5.74) is 1.30. The summed E-state index contributed by atoms with van der Waals surface area (Å²) in [6.45, 7) is 3.07. The highest BCUT2D eigenvalue weighted by atomic mass is 16.6. The van der Waals surface area contributed by atoms with E-state index in [0.29, 0.717) is 19.2 Å². The number of alkyl carbamates (subject to hydrolysis) is 1. The van der Waals surface area contributed by atoms with E-state index in [4.69, 9.17) is 9.47 Å². The van der Waals surface area contributed by atoms with Crippen LogP contribution < -0.4 is 15.4 Å². The number of rotatable bonds is 7. The van der Waals surface area contributed by atoms with Gasteiger partial charge in [0.2, 0.25) is 0 Å². The molecule has 5 heteroatoms. The molecule has 0 radical (unpaired) electrons. The topological polar surface area (TPSA) is 59.6 Å². The fourth-order valence-corrected chi connectivity index (χ4v) is 1.99. The second-order valence-corrected chi connectivity index (χ2v) is 5.09. The average molecular weight is 278 g/mol. The quantitative estimate of drug-likeness (QED) is 0.797. The molecule has 20 heavy (non-hydrogen) atoms. The van der Waals surface area contributed by atoms with Gasteiger partial charge in [-0.1, -0.05) is 12.1 Å². The lowest BCUT2D eigenvalue weighted by atomic mass is 10.1. The summed E-state index contributed by atoms with van der Waals surface area (Å²) in [4.78, 5) is 10.9. The van der Waals surface area contributed by atoms with Crippen molar-refractivity contribution in [2.24, 2.45) is 0 Å². The first-order chi connectivity index (χ1) is 9.67. The summed E-state index contributed by atoms with van der Waals surface area (Å²) in [5.74, 6) is 0.804. The van der Waals surface area contributed by atoms with Crippen molar-refractivity contribution in [2.45, 2.75) is 31.9 Å². The molecule has 0 spiro atoms. The van der Waals surface area contributed by atoms with E-state index in [1.807, 2.05) is 19.2 Å². The maximum Gasteiger partial charge on any atom is 0.407 e. The number of aryl methyl sites for hydroxylation is 1. The highest BCUT2D eigenvalue weighted by molar-refractivity contribution is 5.69. The van der Waals surface area contributed by atoms with E-state index in [9.17, 15) is 4.79 Å². The van der Waals surface area contributed by atoms with E-state index >= 15 is 0 Å². The van der Waals surface area contributed by atoms with Crippen molar-refractivity contribution < 1.29 is 14.3 Å². The third kappa shape index (κ3) is 4.42. The lowest BCUT2D eigenvalue weighted by Gasteiger charge is -2.12. The van der Waals surface area contributed by atoms with E-state index < -0.39 is 0 Å². The Kier molecular flexibility index (Phi) is 5.24. The van der Waals surface area contributed by atoms with Gasteiger partial charge in [-0.15, -0.1) is 0 Å². The number of carbonyl (C=O) groups excluding carboxylic acids is 1. The molecule has 2 unspecified atom stereocenters. The zero-order valence-electron chi connectivity index (χ0n) is 12.0. The van der Waals surface area contributed by atoms with Crippen molar-refractivity contribution >= 4 is 6.09 Å². The smallest absolute Gasteiger partial charge is 0.407 e. The van der Waals surface area contributed by atoms with Gasteiger partial charge in [0, 0.05) is 6.04 Å². The third-order valence-electron chi connectivity index (χ3n) is 3.47. The molecule has 0 bridgehead atoms. The first-order valence-electron chi connectivity index (χ1n) is 7.01. The molecule has 1 fully saturated rings. The van der Waals surface area contributed by atoms with Crippen molar-refractivity contribution in [3.8, 4) is 5.75 Å². The van der Waals surface area contributed by atoms with Crippen molar-refractivity contribution in [2.75, 3.05) is 20.2 Å². The van der Waals surface area contributed by atoms with Gasteiger partial charge >= 0.3 is 6.09 Å². The Hall–Kier alpha value is -1.75. The number of ether oxygens (including phenoxy) is 2. The number of nitrogens with one attached hydrogen (secondary N) is 2. The highest BCUT2D eigenvalue weighted by Gasteiger charge is 2.22. The van der Waals surface area contributed by atoms with Crippen LogP contribution in [0.1, 0.15) is 18.9 Å². The minimum absolute atomic E-state index is 0.196. The van der Waals surface area contributed by atoms with E-state index in [-0.39, 0.29) is 12.2 Å². The van der Waals surface area contributed by atoms with E-state index in [2.05, 4.69) is 29.7 Å². The predicted molar refractivity (Wildman–Crippen MR) is 77.1 cm³/mol. The van der Waals surface area contributed by atoms with Gasteiger partial charge < -0.3 is 20.1 Å². The Balaban J connectivity index is 1.75. The van der Waals surface area contributed by atoms with Crippen LogP contribution >= 0.6 is 0 Å². The number of hydrogen-bond donors (Lipinski definition) is 2. The van der Waals surface area contributed by atoms with Gasteiger partial charge in [0.1, 0.15) is 12.4 Å². The van der Waals surface area contributed by atoms with Crippen molar-refractivity contribution in [1.82, 2.24) is 10.6 Å². The van der Waals surface area contributed by atoms with Gasteiger partial charge in [0.25, 0.3) is 0 Å². The van der Waals surface area contributed by atoms with Crippen molar-refractivity contribution in [1.29, 1.82) is 0 Å². The fourth-order valence-electron chi connectivity index (χ4n) is 1.99. The lowest BCUT2D eigenvalue weighted by molar-refractivity contribution is 0.105. The summed E-state index contributed by atoms with van der Waals surface area (Å²) in [5, 5.41) is 5.83. The standard InChI is InChI=1S/C15H22N2O3/c1-11(16-2)3-4-12-5-7-13(8-6-12)19-10-14-9-17-15(18)20-14/h5-8,11,14,16H,3-4,9-10H2,1-2H3,(H,17,18). The SMILES string of the molecule is CNC(C)CCc1ccc(OCC2CNC(=O)O2)cc1. The molecule has 1 aromatic carbocycles.